The minimum Gasteiger partial charge on any atom is -0.389 e. The van der Waals surface area contributed by atoms with Gasteiger partial charge in [0.05, 0.1) is 31.6 Å². The SMILES string of the molecule is CN(C(=O)/C=C/c1cnn(C)c1)[C@@H]1CC[C@@H](N2CCOCC2)[C@@H]1O. The third-order valence-electron chi connectivity index (χ3n) is 5.05. The van der Waals surface area contributed by atoms with Crippen LogP contribution in [0.3, 0.4) is 0 Å². The number of hydrogen-bond donors (Lipinski definition) is 1. The van der Waals surface area contributed by atoms with Gasteiger partial charge in [0, 0.05) is 51.1 Å². The van der Waals surface area contributed by atoms with Crippen molar-refractivity contribution in [2.45, 2.75) is 31.0 Å². The smallest absolute Gasteiger partial charge is 0.246 e. The van der Waals surface area contributed by atoms with Crippen LogP contribution in [0.15, 0.2) is 18.5 Å². The van der Waals surface area contributed by atoms with Crippen LogP contribution >= 0.6 is 0 Å². The number of carbonyl (C=O) groups is 1. The lowest BCUT2D eigenvalue weighted by molar-refractivity contribution is -0.129. The fraction of sp³-hybridized carbons (Fsp3) is 0.647. The van der Waals surface area contributed by atoms with Gasteiger partial charge in [0.2, 0.25) is 5.91 Å². The summed E-state index contributed by atoms with van der Waals surface area (Å²) in [6, 6.07) is -0.0136. The van der Waals surface area contributed by atoms with Crippen LogP contribution in [0.4, 0.5) is 0 Å². The first-order chi connectivity index (χ1) is 11.6. The van der Waals surface area contributed by atoms with Crippen LogP contribution in [0, 0.1) is 0 Å². The number of hydrogen-bond acceptors (Lipinski definition) is 5. The van der Waals surface area contributed by atoms with Crippen molar-refractivity contribution < 1.29 is 14.6 Å². The molecule has 0 radical (unpaired) electrons. The summed E-state index contributed by atoms with van der Waals surface area (Å²) in [4.78, 5) is 16.4. The highest BCUT2D eigenvalue weighted by molar-refractivity contribution is 5.91. The summed E-state index contributed by atoms with van der Waals surface area (Å²) in [7, 11) is 3.61. The monoisotopic (exact) mass is 334 g/mol. The van der Waals surface area contributed by atoms with Crippen molar-refractivity contribution in [2.75, 3.05) is 33.4 Å². The van der Waals surface area contributed by atoms with Crippen molar-refractivity contribution in [1.29, 1.82) is 0 Å². The van der Waals surface area contributed by atoms with E-state index in [1.165, 1.54) is 0 Å². The molecule has 3 atom stereocenters. The summed E-state index contributed by atoms with van der Waals surface area (Å²) >= 11 is 0. The average molecular weight is 334 g/mol. The minimum absolute atomic E-state index is 0.0921. The summed E-state index contributed by atoms with van der Waals surface area (Å²) < 4.78 is 7.07. The molecule has 132 valence electrons. The average Bonchev–Trinajstić information content (AvgIpc) is 3.18. The molecule has 1 aliphatic heterocycles. The highest BCUT2D eigenvalue weighted by atomic mass is 16.5. The third-order valence-corrected chi connectivity index (χ3v) is 5.05. The fourth-order valence-corrected chi connectivity index (χ4v) is 3.64. The number of carbonyl (C=O) groups excluding carboxylic acids is 1. The van der Waals surface area contributed by atoms with Gasteiger partial charge in [-0.25, -0.2) is 0 Å². The van der Waals surface area contributed by atoms with E-state index in [-0.39, 0.29) is 18.0 Å². The van der Waals surface area contributed by atoms with Crippen molar-refractivity contribution in [3.8, 4) is 0 Å². The van der Waals surface area contributed by atoms with Crippen LogP contribution in [0.1, 0.15) is 18.4 Å². The van der Waals surface area contributed by atoms with E-state index in [2.05, 4.69) is 10.00 Å². The van der Waals surface area contributed by atoms with Crippen molar-refractivity contribution in [3.63, 3.8) is 0 Å². The van der Waals surface area contributed by atoms with Crippen LogP contribution in [-0.4, -0.2) is 82.1 Å². The topological polar surface area (TPSA) is 70.8 Å². The highest BCUT2D eigenvalue weighted by Gasteiger charge is 2.41. The van der Waals surface area contributed by atoms with E-state index in [4.69, 9.17) is 4.74 Å². The van der Waals surface area contributed by atoms with Gasteiger partial charge in [0.1, 0.15) is 0 Å². The molecular formula is C17H26N4O3. The van der Waals surface area contributed by atoms with Gasteiger partial charge in [-0.3, -0.25) is 14.4 Å². The molecule has 7 nitrogen and oxygen atoms in total. The van der Waals surface area contributed by atoms with Crippen molar-refractivity contribution in [1.82, 2.24) is 19.6 Å². The third kappa shape index (κ3) is 3.68. The maximum Gasteiger partial charge on any atom is 0.246 e. The molecule has 1 saturated carbocycles. The van der Waals surface area contributed by atoms with Crippen LogP contribution in [0.25, 0.3) is 6.08 Å². The number of likely N-dealkylation sites (N-methyl/N-ethyl adjacent to an activating group) is 1. The van der Waals surface area contributed by atoms with E-state index in [1.807, 2.05) is 13.2 Å². The quantitative estimate of drug-likeness (QED) is 0.792. The number of nitrogens with zero attached hydrogens (tertiary/aromatic N) is 4. The molecule has 0 bridgehead atoms. The van der Waals surface area contributed by atoms with Gasteiger partial charge in [-0.1, -0.05) is 0 Å². The number of ether oxygens (including phenoxy) is 1. The van der Waals surface area contributed by atoms with Crippen molar-refractivity contribution >= 4 is 12.0 Å². The molecule has 3 rings (SSSR count). The number of aliphatic hydroxyl groups excluding tert-OH is 1. The predicted octanol–water partition coefficient (Wildman–Crippen LogP) is 0.116. The lowest BCUT2D eigenvalue weighted by atomic mass is 10.1. The van der Waals surface area contributed by atoms with Crippen LogP contribution < -0.4 is 0 Å². The molecule has 2 heterocycles. The molecule has 1 saturated heterocycles. The van der Waals surface area contributed by atoms with Gasteiger partial charge in [-0.05, 0) is 18.9 Å². The molecule has 2 aliphatic rings. The lowest BCUT2D eigenvalue weighted by Crippen LogP contribution is -2.51. The Morgan fingerprint density at radius 2 is 2.17 bits per heavy atom. The zero-order chi connectivity index (χ0) is 17.1. The van der Waals surface area contributed by atoms with Gasteiger partial charge in [-0.2, -0.15) is 5.10 Å². The molecule has 0 spiro atoms. The molecular weight excluding hydrogens is 308 g/mol. The Morgan fingerprint density at radius 1 is 1.42 bits per heavy atom. The zero-order valence-corrected chi connectivity index (χ0v) is 14.3. The Balaban J connectivity index is 1.59. The Morgan fingerprint density at radius 3 is 2.83 bits per heavy atom. The number of aromatic nitrogens is 2. The van der Waals surface area contributed by atoms with Gasteiger partial charge >= 0.3 is 0 Å². The predicted molar refractivity (Wildman–Crippen MR) is 90.2 cm³/mol. The van der Waals surface area contributed by atoms with E-state index in [0.29, 0.717) is 0 Å². The van der Waals surface area contributed by atoms with E-state index < -0.39 is 6.10 Å². The van der Waals surface area contributed by atoms with E-state index in [1.54, 1.807) is 35.0 Å². The minimum atomic E-state index is -0.510. The molecule has 7 heteroatoms. The Kier molecular flexibility index (Phi) is 5.33. The largest absolute Gasteiger partial charge is 0.389 e. The van der Waals surface area contributed by atoms with E-state index >= 15 is 0 Å². The number of amides is 1. The Hall–Kier alpha value is -1.70. The van der Waals surface area contributed by atoms with Crippen LogP contribution in [-0.2, 0) is 16.6 Å². The standard InChI is InChI=1S/C17H26N4O3/c1-19-12-13(11-18-19)3-6-16(22)20(2)14-4-5-15(17(14)23)21-7-9-24-10-8-21/h3,6,11-12,14-15,17,23H,4-5,7-10H2,1-2H3/b6-3+/t14-,15-,17-/m1/s1. The molecule has 0 aromatic carbocycles. The first-order valence-electron chi connectivity index (χ1n) is 8.49. The highest BCUT2D eigenvalue weighted by Crippen LogP contribution is 2.28. The van der Waals surface area contributed by atoms with Crippen LogP contribution in [0.2, 0.25) is 0 Å². The molecule has 1 aliphatic carbocycles. The van der Waals surface area contributed by atoms with Gasteiger partial charge in [-0.15, -0.1) is 0 Å². The van der Waals surface area contributed by atoms with Crippen molar-refractivity contribution in [2.24, 2.45) is 7.05 Å². The molecule has 1 aromatic rings. The van der Waals surface area contributed by atoms with E-state index in [9.17, 15) is 9.90 Å². The summed E-state index contributed by atoms with van der Waals surface area (Å²) in [6.07, 6.45) is 8.09. The van der Waals surface area contributed by atoms with Crippen molar-refractivity contribution in [3.05, 3.63) is 24.0 Å². The molecule has 0 unspecified atom stereocenters. The fourth-order valence-electron chi connectivity index (χ4n) is 3.64. The lowest BCUT2D eigenvalue weighted by Gasteiger charge is -2.36. The van der Waals surface area contributed by atoms with Crippen LogP contribution in [0.5, 0.6) is 0 Å². The zero-order valence-electron chi connectivity index (χ0n) is 14.3. The second-order valence-corrected chi connectivity index (χ2v) is 6.58. The number of morpholine rings is 1. The second kappa shape index (κ2) is 7.46. The summed E-state index contributed by atoms with van der Waals surface area (Å²) in [5.41, 5.74) is 0.886. The number of rotatable bonds is 4. The molecule has 1 N–H and O–H groups in total. The maximum atomic E-state index is 12.4. The molecule has 1 amide bonds. The van der Waals surface area contributed by atoms with Gasteiger partial charge in [0.15, 0.2) is 0 Å². The van der Waals surface area contributed by atoms with E-state index in [0.717, 1.165) is 44.7 Å². The first kappa shape index (κ1) is 17.1. The Labute approximate surface area is 142 Å². The number of aryl methyl sites for hydroxylation is 1. The molecule has 24 heavy (non-hydrogen) atoms. The maximum absolute atomic E-state index is 12.4. The first-order valence-corrected chi connectivity index (χ1v) is 8.49. The Bertz CT molecular complexity index is 594. The summed E-state index contributed by atoms with van der Waals surface area (Å²) in [5.74, 6) is -0.0921. The molecule has 2 fully saturated rings. The second-order valence-electron chi connectivity index (χ2n) is 6.58. The molecule has 1 aromatic heterocycles. The summed E-state index contributed by atoms with van der Waals surface area (Å²) in [5, 5.41) is 14.8. The summed E-state index contributed by atoms with van der Waals surface area (Å²) in [6.45, 7) is 3.15. The van der Waals surface area contributed by atoms with Gasteiger partial charge < -0.3 is 14.7 Å². The van der Waals surface area contributed by atoms with Gasteiger partial charge in [0.25, 0.3) is 0 Å². The number of aliphatic hydroxyl groups is 1. The normalized spacial score (nSPS) is 28.5.